The molecule has 0 saturated heterocycles. The summed E-state index contributed by atoms with van der Waals surface area (Å²) in [6.45, 7) is 3.49. The van der Waals surface area contributed by atoms with Gasteiger partial charge in [-0.15, -0.1) is 0 Å². The van der Waals surface area contributed by atoms with Gasteiger partial charge < -0.3 is 0 Å². The molecule has 15 heavy (non-hydrogen) atoms. The molecule has 0 bridgehead atoms. The van der Waals surface area contributed by atoms with E-state index in [1.165, 1.54) is 10.9 Å². The molecule has 0 spiro atoms. The number of halogens is 1. The second-order valence-electron chi connectivity index (χ2n) is 3.03. The van der Waals surface area contributed by atoms with Crippen LogP contribution in [0.3, 0.4) is 0 Å². The topological polar surface area (TPSA) is 47.8 Å². The quantitative estimate of drug-likeness (QED) is 0.743. The maximum absolute atomic E-state index is 11.1. The van der Waals surface area contributed by atoms with Crippen molar-refractivity contribution in [2.24, 2.45) is 0 Å². The van der Waals surface area contributed by atoms with Gasteiger partial charge in [0.15, 0.2) is 5.78 Å². The summed E-state index contributed by atoms with van der Waals surface area (Å²) in [6.07, 6.45) is 1.25. The maximum Gasteiger partial charge on any atom is 0.178 e. The van der Waals surface area contributed by atoms with E-state index >= 15 is 0 Å². The highest BCUT2D eigenvalue weighted by Crippen LogP contribution is 2.15. The fourth-order valence-corrected chi connectivity index (χ4v) is 1.37. The van der Waals surface area contributed by atoms with Crippen LogP contribution in [-0.4, -0.2) is 20.8 Å². The van der Waals surface area contributed by atoms with Crippen LogP contribution in [0.4, 0.5) is 0 Å². The van der Waals surface area contributed by atoms with Crippen molar-refractivity contribution in [3.63, 3.8) is 0 Å². The van der Waals surface area contributed by atoms with Crippen molar-refractivity contribution < 1.29 is 4.79 Å². The van der Waals surface area contributed by atoms with Crippen molar-refractivity contribution in [3.05, 3.63) is 35.9 Å². The number of aromatic nitrogens is 3. The number of carbonyl (C=O) groups is 1. The number of ketones is 1. The molecule has 0 aliphatic rings. The van der Waals surface area contributed by atoms with Gasteiger partial charge in [0.2, 0.25) is 0 Å². The average Bonchev–Trinajstić information content (AvgIpc) is 2.59. The van der Waals surface area contributed by atoms with Gasteiger partial charge in [-0.1, -0.05) is 18.2 Å². The first-order valence-electron chi connectivity index (χ1n) is 4.35. The number of nitrogens with zero attached hydrogens (tertiary/aromatic N) is 3. The summed E-state index contributed by atoms with van der Waals surface area (Å²) < 4.78 is 0. The lowest BCUT2D eigenvalue weighted by atomic mass is 10.3. The van der Waals surface area contributed by atoms with Crippen molar-refractivity contribution in [1.29, 1.82) is 0 Å². The molecule has 2 rings (SSSR count). The Balaban J connectivity index is 2.38. The second-order valence-corrected chi connectivity index (χ2v) is 3.47. The van der Waals surface area contributed by atoms with Gasteiger partial charge in [-0.05, 0) is 24.3 Å². The van der Waals surface area contributed by atoms with E-state index in [1.54, 1.807) is 18.2 Å². The molecule has 2 aromatic rings. The Kier molecular flexibility index (Phi) is 2.51. The van der Waals surface area contributed by atoms with E-state index < -0.39 is 0 Å². The zero-order valence-electron chi connectivity index (χ0n) is 7.85. The third kappa shape index (κ3) is 2.05. The van der Waals surface area contributed by atoms with Crippen molar-refractivity contribution in [2.45, 2.75) is 6.54 Å². The average molecular weight is 222 g/mol. The highest BCUT2D eigenvalue weighted by Gasteiger charge is 2.05. The van der Waals surface area contributed by atoms with Crippen molar-refractivity contribution in [2.75, 3.05) is 0 Å². The van der Waals surface area contributed by atoms with Crippen LogP contribution in [0.25, 0.3) is 11.0 Å². The zero-order valence-corrected chi connectivity index (χ0v) is 8.61. The van der Waals surface area contributed by atoms with Crippen molar-refractivity contribution >= 4 is 28.4 Å². The Morgan fingerprint density at radius 2 is 2.20 bits per heavy atom. The molecule has 4 nitrogen and oxygen atoms in total. The van der Waals surface area contributed by atoms with Crippen LogP contribution in [-0.2, 0) is 11.3 Å². The summed E-state index contributed by atoms with van der Waals surface area (Å²) in [7, 11) is 0. The third-order valence-electron chi connectivity index (χ3n) is 1.91. The number of hydrogen-bond donors (Lipinski definition) is 0. The highest BCUT2D eigenvalue weighted by atomic mass is 35.5. The zero-order chi connectivity index (χ0) is 10.8. The van der Waals surface area contributed by atoms with Gasteiger partial charge in [-0.2, -0.15) is 15.0 Å². The molecule has 0 unspecified atom stereocenters. The molecule has 5 heteroatoms. The van der Waals surface area contributed by atoms with Crippen LogP contribution < -0.4 is 0 Å². The summed E-state index contributed by atoms with van der Waals surface area (Å²) in [5, 5.41) is 8.84. The Hall–Kier alpha value is -1.68. The molecule has 0 atom stereocenters. The molecular weight excluding hydrogens is 214 g/mol. The van der Waals surface area contributed by atoms with Crippen LogP contribution >= 0.6 is 11.6 Å². The van der Waals surface area contributed by atoms with Gasteiger partial charge in [-0.25, -0.2) is 0 Å². The lowest BCUT2D eigenvalue weighted by molar-refractivity contribution is -0.115. The van der Waals surface area contributed by atoms with E-state index in [0.29, 0.717) is 10.5 Å². The van der Waals surface area contributed by atoms with Gasteiger partial charge in [-0.3, -0.25) is 4.79 Å². The van der Waals surface area contributed by atoms with Crippen LogP contribution in [0, 0.1) is 0 Å². The Morgan fingerprint density at radius 3 is 2.93 bits per heavy atom. The lowest BCUT2D eigenvalue weighted by Crippen LogP contribution is -2.09. The van der Waals surface area contributed by atoms with E-state index in [4.69, 9.17) is 11.6 Å². The number of benzene rings is 1. The minimum Gasteiger partial charge on any atom is -0.293 e. The number of allylic oxidation sites excluding steroid dienone is 1. The monoisotopic (exact) mass is 221 g/mol. The van der Waals surface area contributed by atoms with E-state index in [2.05, 4.69) is 16.8 Å². The smallest absolute Gasteiger partial charge is 0.178 e. The normalized spacial score (nSPS) is 10.5. The molecule has 0 aliphatic carbocycles. The first-order chi connectivity index (χ1) is 7.19. The third-order valence-corrected chi connectivity index (χ3v) is 2.14. The molecular formula is C10H8ClN3O. The van der Waals surface area contributed by atoms with Crippen molar-refractivity contribution in [1.82, 2.24) is 15.0 Å². The molecule has 0 saturated carbocycles. The molecule has 0 N–H and O–H groups in total. The maximum atomic E-state index is 11.1. The number of hydrogen-bond acceptors (Lipinski definition) is 3. The van der Waals surface area contributed by atoms with E-state index in [-0.39, 0.29) is 12.3 Å². The van der Waals surface area contributed by atoms with Crippen LogP contribution in [0.5, 0.6) is 0 Å². The van der Waals surface area contributed by atoms with E-state index in [1.807, 2.05) is 0 Å². The summed E-state index contributed by atoms with van der Waals surface area (Å²) in [5.41, 5.74) is 1.40. The van der Waals surface area contributed by atoms with Gasteiger partial charge in [0.05, 0.1) is 0 Å². The predicted octanol–water partition coefficient (Wildman–Crippen LogP) is 1.84. The summed E-state index contributed by atoms with van der Waals surface area (Å²) in [4.78, 5) is 12.4. The molecule has 0 amide bonds. The fraction of sp³-hybridized carbons (Fsp3) is 0.100. The molecule has 0 fully saturated rings. The first-order valence-corrected chi connectivity index (χ1v) is 4.72. The number of fused-ring (bicyclic) bond motifs is 1. The second kappa shape index (κ2) is 3.82. The number of rotatable bonds is 3. The van der Waals surface area contributed by atoms with E-state index in [9.17, 15) is 4.79 Å². The lowest BCUT2D eigenvalue weighted by Gasteiger charge is -1.92. The minimum absolute atomic E-state index is 0.107. The van der Waals surface area contributed by atoms with Crippen molar-refractivity contribution in [3.8, 4) is 0 Å². The molecule has 1 heterocycles. The van der Waals surface area contributed by atoms with Crippen LogP contribution in [0.15, 0.2) is 30.9 Å². The van der Waals surface area contributed by atoms with Crippen LogP contribution in [0.2, 0.25) is 5.02 Å². The SMILES string of the molecule is C=CC(=O)Cn1nc2ccc(Cl)cc2n1. The number of carbonyl (C=O) groups excluding carboxylic acids is 1. The minimum atomic E-state index is -0.124. The Bertz CT molecular complexity index is 532. The summed E-state index contributed by atoms with van der Waals surface area (Å²) in [6, 6.07) is 5.20. The summed E-state index contributed by atoms with van der Waals surface area (Å²) in [5.74, 6) is -0.124. The molecule has 0 aliphatic heterocycles. The standard InChI is InChI=1S/C10H8ClN3O/c1-2-8(15)6-14-12-9-4-3-7(11)5-10(9)13-14/h2-5H,1,6H2. The first kappa shape index (κ1) is 9.86. The molecule has 1 aromatic heterocycles. The fourth-order valence-electron chi connectivity index (χ4n) is 1.21. The Morgan fingerprint density at radius 1 is 1.47 bits per heavy atom. The molecule has 76 valence electrons. The molecule has 1 aromatic carbocycles. The molecule has 0 radical (unpaired) electrons. The van der Waals surface area contributed by atoms with Gasteiger partial charge in [0.25, 0.3) is 0 Å². The van der Waals surface area contributed by atoms with E-state index in [0.717, 1.165) is 5.52 Å². The highest BCUT2D eigenvalue weighted by molar-refractivity contribution is 6.31. The van der Waals surface area contributed by atoms with Gasteiger partial charge in [0, 0.05) is 5.02 Å². The largest absolute Gasteiger partial charge is 0.293 e. The van der Waals surface area contributed by atoms with Gasteiger partial charge in [0.1, 0.15) is 17.6 Å². The van der Waals surface area contributed by atoms with Crippen LogP contribution in [0.1, 0.15) is 0 Å². The predicted molar refractivity (Wildman–Crippen MR) is 57.7 cm³/mol. The van der Waals surface area contributed by atoms with Gasteiger partial charge >= 0.3 is 0 Å². The summed E-state index contributed by atoms with van der Waals surface area (Å²) >= 11 is 5.80. The Labute approximate surface area is 91.1 Å².